The fourth-order valence-corrected chi connectivity index (χ4v) is 3.83. The standard InChI is InChI=1S/C24H17N3O4/c25-22(29)18-5-3-4-17(12-18)16-10-8-15(9-11-16)13-26-21-19-6-1-2-7-20(19)31-23(21)27(14-28)24(26)30/h1-12,14H,13H2,(H2,25,29). The molecule has 3 aromatic carbocycles. The summed E-state index contributed by atoms with van der Waals surface area (Å²) in [6.45, 7) is 0.279. The van der Waals surface area contributed by atoms with E-state index in [9.17, 15) is 14.4 Å². The van der Waals surface area contributed by atoms with Gasteiger partial charge in [-0.15, -0.1) is 0 Å². The summed E-state index contributed by atoms with van der Waals surface area (Å²) in [5.41, 5.74) is 9.47. The molecule has 0 fully saturated rings. The Morgan fingerprint density at radius 1 is 0.968 bits per heavy atom. The highest BCUT2D eigenvalue weighted by Crippen LogP contribution is 2.28. The third-order valence-corrected chi connectivity index (χ3v) is 5.36. The topological polar surface area (TPSA) is 100 Å². The first-order chi connectivity index (χ1) is 15.1. The zero-order valence-corrected chi connectivity index (χ0v) is 16.3. The van der Waals surface area contributed by atoms with Crippen LogP contribution in [-0.4, -0.2) is 21.5 Å². The average Bonchev–Trinajstić information content (AvgIpc) is 3.28. The number of amides is 1. The Hall–Kier alpha value is -4.39. The molecule has 31 heavy (non-hydrogen) atoms. The van der Waals surface area contributed by atoms with Gasteiger partial charge in [0.05, 0.1) is 6.54 Å². The number of nitrogens with two attached hydrogens (primary N) is 1. The van der Waals surface area contributed by atoms with Gasteiger partial charge in [-0.2, -0.15) is 0 Å². The van der Waals surface area contributed by atoms with Crippen LogP contribution in [0.25, 0.3) is 33.3 Å². The van der Waals surface area contributed by atoms with Crippen LogP contribution in [0.5, 0.6) is 0 Å². The van der Waals surface area contributed by atoms with E-state index in [1.54, 1.807) is 24.3 Å². The van der Waals surface area contributed by atoms with Crippen LogP contribution in [0, 0.1) is 0 Å². The van der Waals surface area contributed by atoms with E-state index >= 15 is 0 Å². The van der Waals surface area contributed by atoms with Gasteiger partial charge in [0.25, 0.3) is 0 Å². The molecule has 5 rings (SSSR count). The molecule has 2 N–H and O–H groups in total. The van der Waals surface area contributed by atoms with Crippen molar-refractivity contribution in [2.24, 2.45) is 5.73 Å². The highest BCUT2D eigenvalue weighted by atomic mass is 16.3. The van der Waals surface area contributed by atoms with Crippen molar-refractivity contribution in [3.8, 4) is 11.1 Å². The molecule has 2 aromatic heterocycles. The van der Waals surface area contributed by atoms with E-state index in [-0.39, 0.29) is 12.3 Å². The summed E-state index contributed by atoms with van der Waals surface area (Å²) >= 11 is 0. The molecule has 2 heterocycles. The number of para-hydroxylation sites is 1. The molecule has 7 nitrogen and oxygen atoms in total. The van der Waals surface area contributed by atoms with Gasteiger partial charge < -0.3 is 10.2 Å². The molecule has 0 saturated carbocycles. The number of carbonyl (C=O) groups excluding carboxylic acids is 2. The van der Waals surface area contributed by atoms with E-state index in [1.165, 1.54) is 4.57 Å². The van der Waals surface area contributed by atoms with E-state index in [0.29, 0.717) is 23.1 Å². The molecular formula is C24H17N3O4. The molecule has 1 amide bonds. The molecule has 0 radical (unpaired) electrons. The number of carbonyl (C=O) groups is 2. The normalized spacial score (nSPS) is 11.2. The van der Waals surface area contributed by atoms with Crippen LogP contribution in [0.2, 0.25) is 0 Å². The van der Waals surface area contributed by atoms with Crippen LogP contribution in [0.1, 0.15) is 15.9 Å². The van der Waals surface area contributed by atoms with Crippen LogP contribution in [0.4, 0.5) is 0 Å². The Labute approximate surface area is 175 Å². The first kappa shape index (κ1) is 18.6. The van der Waals surface area contributed by atoms with Gasteiger partial charge >= 0.3 is 5.69 Å². The van der Waals surface area contributed by atoms with E-state index in [0.717, 1.165) is 26.6 Å². The smallest absolute Gasteiger partial charge is 0.338 e. The number of furan rings is 1. The van der Waals surface area contributed by atoms with Crippen LogP contribution in [-0.2, 0) is 11.3 Å². The molecule has 0 aliphatic heterocycles. The molecular weight excluding hydrogens is 394 g/mol. The van der Waals surface area contributed by atoms with Gasteiger partial charge in [0, 0.05) is 10.9 Å². The van der Waals surface area contributed by atoms with Gasteiger partial charge in [-0.05, 0) is 41.0 Å². The number of fused-ring (bicyclic) bond motifs is 3. The second-order valence-corrected chi connectivity index (χ2v) is 7.24. The summed E-state index contributed by atoms with van der Waals surface area (Å²) < 4.78 is 8.28. The molecule has 0 bridgehead atoms. The zero-order chi connectivity index (χ0) is 21.5. The van der Waals surface area contributed by atoms with Crippen LogP contribution >= 0.6 is 0 Å². The molecule has 152 valence electrons. The summed E-state index contributed by atoms with van der Waals surface area (Å²) in [5.74, 6) is -0.478. The number of primary amides is 1. The lowest BCUT2D eigenvalue weighted by Crippen LogP contribution is -2.24. The molecule has 0 unspecified atom stereocenters. The second kappa shape index (κ2) is 7.14. The highest BCUT2D eigenvalue weighted by molar-refractivity contribution is 6.03. The Morgan fingerprint density at radius 3 is 2.48 bits per heavy atom. The molecule has 0 atom stereocenters. The Bertz CT molecular complexity index is 1520. The van der Waals surface area contributed by atoms with Gasteiger partial charge in [0.2, 0.25) is 18.0 Å². The van der Waals surface area contributed by atoms with E-state index in [4.69, 9.17) is 10.2 Å². The number of rotatable bonds is 5. The molecule has 0 aliphatic carbocycles. The van der Waals surface area contributed by atoms with Crippen molar-refractivity contribution >= 4 is 34.5 Å². The molecule has 0 saturated heterocycles. The number of hydrogen-bond donors (Lipinski definition) is 1. The predicted molar refractivity (Wildman–Crippen MR) is 118 cm³/mol. The van der Waals surface area contributed by atoms with Gasteiger partial charge in [-0.3, -0.25) is 14.2 Å². The van der Waals surface area contributed by atoms with Crippen molar-refractivity contribution in [3.63, 3.8) is 0 Å². The van der Waals surface area contributed by atoms with Gasteiger partial charge in [0.1, 0.15) is 11.1 Å². The summed E-state index contributed by atoms with van der Waals surface area (Å²) in [6, 6.07) is 22.1. The lowest BCUT2D eigenvalue weighted by Gasteiger charge is -2.07. The highest BCUT2D eigenvalue weighted by Gasteiger charge is 2.20. The van der Waals surface area contributed by atoms with Crippen molar-refractivity contribution < 1.29 is 14.0 Å². The van der Waals surface area contributed by atoms with Crippen molar-refractivity contribution in [3.05, 3.63) is 94.4 Å². The molecule has 0 aliphatic rings. The monoisotopic (exact) mass is 411 g/mol. The molecule has 0 spiro atoms. The number of nitrogens with zero attached hydrogens (tertiary/aromatic N) is 2. The predicted octanol–water partition coefficient (Wildman–Crippen LogP) is 3.40. The summed E-state index contributed by atoms with van der Waals surface area (Å²) in [7, 11) is 0. The lowest BCUT2D eigenvalue weighted by atomic mass is 10.0. The largest absolute Gasteiger partial charge is 0.437 e. The van der Waals surface area contributed by atoms with Crippen molar-refractivity contribution in [1.29, 1.82) is 0 Å². The SMILES string of the molecule is NC(=O)c1cccc(-c2ccc(Cn3c(=O)n(C=O)c4oc5ccccc5c43)cc2)c1. The van der Waals surface area contributed by atoms with E-state index in [2.05, 4.69) is 0 Å². The second-order valence-electron chi connectivity index (χ2n) is 7.24. The molecule has 7 heteroatoms. The number of imidazole rings is 1. The van der Waals surface area contributed by atoms with Crippen molar-refractivity contribution in [1.82, 2.24) is 9.13 Å². The van der Waals surface area contributed by atoms with Crippen molar-refractivity contribution in [2.75, 3.05) is 0 Å². The van der Waals surface area contributed by atoms with E-state index < -0.39 is 11.6 Å². The first-order valence-corrected chi connectivity index (χ1v) is 9.63. The third kappa shape index (κ3) is 3.03. The summed E-state index contributed by atoms with van der Waals surface area (Å²) in [5, 5.41) is 0.773. The minimum Gasteiger partial charge on any atom is -0.437 e. The number of benzene rings is 3. The summed E-state index contributed by atoms with van der Waals surface area (Å²) in [6.07, 6.45) is 0.471. The zero-order valence-electron chi connectivity index (χ0n) is 16.3. The Morgan fingerprint density at radius 2 is 1.74 bits per heavy atom. The summed E-state index contributed by atoms with van der Waals surface area (Å²) in [4.78, 5) is 35.8. The first-order valence-electron chi connectivity index (χ1n) is 9.63. The quantitative estimate of drug-likeness (QED) is 0.448. The minimum absolute atomic E-state index is 0.237. The van der Waals surface area contributed by atoms with Crippen LogP contribution in [0.3, 0.4) is 0 Å². The van der Waals surface area contributed by atoms with Gasteiger partial charge in [0.15, 0.2) is 0 Å². The van der Waals surface area contributed by atoms with Crippen LogP contribution in [0.15, 0.2) is 82.0 Å². The van der Waals surface area contributed by atoms with Gasteiger partial charge in [-0.1, -0.05) is 48.5 Å². The van der Waals surface area contributed by atoms with Crippen molar-refractivity contribution in [2.45, 2.75) is 6.54 Å². The third-order valence-electron chi connectivity index (χ3n) is 5.36. The fraction of sp³-hybridized carbons (Fsp3) is 0.0417. The maximum Gasteiger partial charge on any atom is 0.338 e. The Balaban J connectivity index is 1.55. The maximum atomic E-state index is 12.8. The van der Waals surface area contributed by atoms with E-state index in [1.807, 2.05) is 48.5 Å². The minimum atomic E-state index is -0.478. The average molecular weight is 411 g/mol. The van der Waals surface area contributed by atoms with Gasteiger partial charge in [-0.25, -0.2) is 9.36 Å². The maximum absolute atomic E-state index is 12.8. The van der Waals surface area contributed by atoms with Crippen LogP contribution < -0.4 is 11.4 Å². The lowest BCUT2D eigenvalue weighted by molar-refractivity contribution is 0.100. The number of hydrogen-bond acceptors (Lipinski definition) is 4. The fourth-order valence-electron chi connectivity index (χ4n) is 3.83. The molecule has 5 aromatic rings. The Kier molecular flexibility index (Phi) is 4.29. The number of aromatic nitrogens is 2.